The Labute approximate surface area is 86.7 Å². The van der Waals surface area contributed by atoms with Gasteiger partial charge < -0.3 is 10.6 Å². The van der Waals surface area contributed by atoms with Gasteiger partial charge in [0.25, 0.3) is 0 Å². The molecule has 0 radical (unpaired) electrons. The average Bonchev–Trinajstić information content (AvgIpc) is 2.19. The summed E-state index contributed by atoms with van der Waals surface area (Å²) in [5.41, 5.74) is 5.62. The summed E-state index contributed by atoms with van der Waals surface area (Å²) in [6.45, 7) is 0.379. The molecule has 0 amide bonds. The molecular formula is C10H11F2N3. The van der Waals surface area contributed by atoms with Crippen LogP contribution in [-0.4, -0.2) is 13.6 Å². The lowest BCUT2D eigenvalue weighted by Crippen LogP contribution is -2.20. The molecule has 0 bridgehead atoms. The van der Waals surface area contributed by atoms with E-state index in [2.05, 4.69) is 0 Å². The summed E-state index contributed by atoms with van der Waals surface area (Å²) in [5, 5.41) is 8.38. The summed E-state index contributed by atoms with van der Waals surface area (Å²) >= 11 is 0. The Hall–Kier alpha value is -1.83. The van der Waals surface area contributed by atoms with Gasteiger partial charge in [0.1, 0.15) is 5.82 Å². The van der Waals surface area contributed by atoms with Crippen molar-refractivity contribution in [3.8, 4) is 6.07 Å². The highest BCUT2D eigenvalue weighted by atomic mass is 19.1. The number of anilines is 2. The van der Waals surface area contributed by atoms with Crippen LogP contribution in [0, 0.1) is 23.0 Å². The number of rotatable bonds is 3. The molecule has 0 heterocycles. The normalized spacial score (nSPS) is 9.73. The SMILES string of the molecule is CN(CCC#N)c1cc(F)cc(F)c1N. The van der Waals surface area contributed by atoms with Crippen LogP contribution in [-0.2, 0) is 0 Å². The van der Waals surface area contributed by atoms with Crippen LogP contribution in [0.3, 0.4) is 0 Å². The standard InChI is InChI=1S/C10H11F2N3/c1-15(4-2-3-13)9-6-7(11)5-8(12)10(9)14/h5-6H,2,4,14H2,1H3. The van der Waals surface area contributed by atoms with Gasteiger partial charge in [0.05, 0.1) is 23.9 Å². The van der Waals surface area contributed by atoms with Gasteiger partial charge in [-0.1, -0.05) is 0 Å². The van der Waals surface area contributed by atoms with Crippen LogP contribution >= 0.6 is 0 Å². The minimum atomic E-state index is -0.784. The Balaban J connectivity index is 2.98. The Kier molecular flexibility index (Phi) is 3.45. The molecule has 0 aliphatic rings. The highest BCUT2D eigenvalue weighted by Gasteiger charge is 2.11. The lowest BCUT2D eigenvalue weighted by Gasteiger charge is -2.19. The van der Waals surface area contributed by atoms with Crippen LogP contribution in [0.1, 0.15) is 6.42 Å². The van der Waals surface area contributed by atoms with E-state index in [0.717, 1.165) is 12.1 Å². The van der Waals surface area contributed by atoms with E-state index in [1.807, 2.05) is 6.07 Å². The maximum Gasteiger partial charge on any atom is 0.151 e. The van der Waals surface area contributed by atoms with Gasteiger partial charge in [0.15, 0.2) is 5.82 Å². The molecule has 1 rings (SSSR count). The molecule has 0 saturated carbocycles. The summed E-state index contributed by atoms with van der Waals surface area (Å²) in [6.07, 6.45) is 0.272. The number of benzene rings is 1. The van der Waals surface area contributed by atoms with Crippen molar-refractivity contribution in [3.63, 3.8) is 0 Å². The summed E-state index contributed by atoms with van der Waals surface area (Å²) in [5.74, 6) is -1.46. The number of nitrogen functional groups attached to an aromatic ring is 1. The van der Waals surface area contributed by atoms with Crippen molar-refractivity contribution in [3.05, 3.63) is 23.8 Å². The fraction of sp³-hybridized carbons (Fsp3) is 0.300. The van der Waals surface area contributed by atoms with Crippen molar-refractivity contribution in [2.75, 3.05) is 24.2 Å². The van der Waals surface area contributed by atoms with Crippen LogP contribution in [0.5, 0.6) is 0 Å². The van der Waals surface area contributed by atoms with Gasteiger partial charge >= 0.3 is 0 Å². The number of halogens is 2. The third kappa shape index (κ3) is 2.56. The quantitative estimate of drug-likeness (QED) is 0.777. The largest absolute Gasteiger partial charge is 0.395 e. The summed E-state index contributed by atoms with van der Waals surface area (Å²) < 4.78 is 26.0. The third-order valence-electron chi connectivity index (χ3n) is 2.04. The highest BCUT2D eigenvalue weighted by Crippen LogP contribution is 2.26. The number of nitrogens with zero attached hydrogens (tertiary/aromatic N) is 2. The highest BCUT2D eigenvalue weighted by molar-refractivity contribution is 5.67. The van der Waals surface area contributed by atoms with E-state index in [1.165, 1.54) is 0 Å². The molecule has 2 N–H and O–H groups in total. The first-order valence-electron chi connectivity index (χ1n) is 4.39. The molecule has 0 atom stereocenters. The second-order valence-corrected chi connectivity index (χ2v) is 3.15. The van der Waals surface area contributed by atoms with E-state index in [4.69, 9.17) is 11.0 Å². The summed E-state index contributed by atoms with van der Waals surface area (Å²) in [4.78, 5) is 1.55. The first-order valence-corrected chi connectivity index (χ1v) is 4.39. The van der Waals surface area contributed by atoms with Crippen molar-refractivity contribution in [1.29, 1.82) is 5.26 Å². The Morgan fingerprint density at radius 3 is 2.73 bits per heavy atom. The van der Waals surface area contributed by atoms with Gasteiger partial charge in [-0.25, -0.2) is 8.78 Å². The average molecular weight is 211 g/mol. The Morgan fingerprint density at radius 1 is 1.47 bits per heavy atom. The maximum absolute atomic E-state index is 13.1. The Morgan fingerprint density at radius 2 is 2.13 bits per heavy atom. The molecule has 5 heteroatoms. The van der Waals surface area contributed by atoms with Crippen LogP contribution in [0.4, 0.5) is 20.2 Å². The smallest absolute Gasteiger partial charge is 0.151 e. The minimum Gasteiger partial charge on any atom is -0.395 e. The van der Waals surface area contributed by atoms with Crippen LogP contribution in [0.2, 0.25) is 0 Å². The van der Waals surface area contributed by atoms with Crippen LogP contribution in [0.15, 0.2) is 12.1 Å². The van der Waals surface area contributed by atoms with E-state index >= 15 is 0 Å². The topological polar surface area (TPSA) is 53.0 Å². The zero-order chi connectivity index (χ0) is 11.4. The first-order chi connectivity index (χ1) is 7.06. The summed E-state index contributed by atoms with van der Waals surface area (Å²) in [7, 11) is 1.63. The zero-order valence-electron chi connectivity index (χ0n) is 8.30. The fourth-order valence-corrected chi connectivity index (χ4v) is 1.23. The first kappa shape index (κ1) is 11.2. The molecular weight excluding hydrogens is 200 g/mol. The predicted molar refractivity (Wildman–Crippen MR) is 54.3 cm³/mol. The van der Waals surface area contributed by atoms with Crippen LogP contribution in [0.25, 0.3) is 0 Å². The van der Waals surface area contributed by atoms with E-state index in [-0.39, 0.29) is 17.8 Å². The van der Waals surface area contributed by atoms with Crippen molar-refractivity contribution < 1.29 is 8.78 Å². The van der Waals surface area contributed by atoms with Gasteiger partial charge in [-0.15, -0.1) is 0 Å². The molecule has 0 spiro atoms. The van der Waals surface area contributed by atoms with Gasteiger partial charge in [-0.3, -0.25) is 0 Å². The number of hydrogen-bond donors (Lipinski definition) is 1. The molecule has 0 saturated heterocycles. The fourth-order valence-electron chi connectivity index (χ4n) is 1.23. The lowest BCUT2D eigenvalue weighted by molar-refractivity contribution is 0.585. The number of nitrogens with two attached hydrogens (primary N) is 1. The van der Waals surface area contributed by atoms with Crippen molar-refractivity contribution in [1.82, 2.24) is 0 Å². The third-order valence-corrected chi connectivity index (χ3v) is 2.04. The molecule has 80 valence electrons. The van der Waals surface area contributed by atoms with Crippen molar-refractivity contribution in [2.45, 2.75) is 6.42 Å². The monoisotopic (exact) mass is 211 g/mol. The van der Waals surface area contributed by atoms with E-state index in [1.54, 1.807) is 11.9 Å². The lowest BCUT2D eigenvalue weighted by atomic mass is 10.2. The Bertz CT molecular complexity index is 398. The molecule has 0 aromatic heterocycles. The number of hydrogen-bond acceptors (Lipinski definition) is 3. The van der Waals surface area contributed by atoms with Crippen molar-refractivity contribution in [2.24, 2.45) is 0 Å². The molecule has 1 aromatic rings. The van der Waals surface area contributed by atoms with Crippen molar-refractivity contribution >= 4 is 11.4 Å². The predicted octanol–water partition coefficient (Wildman–Crippen LogP) is 1.90. The maximum atomic E-state index is 13.1. The van der Waals surface area contributed by atoms with Gasteiger partial charge in [-0.2, -0.15) is 5.26 Å². The molecule has 0 aliphatic heterocycles. The van der Waals surface area contributed by atoms with E-state index in [0.29, 0.717) is 6.54 Å². The molecule has 1 aromatic carbocycles. The summed E-state index contributed by atoms with van der Waals surface area (Å²) in [6, 6.07) is 3.83. The van der Waals surface area contributed by atoms with E-state index in [9.17, 15) is 8.78 Å². The van der Waals surface area contributed by atoms with Gasteiger partial charge in [0, 0.05) is 19.7 Å². The second-order valence-electron chi connectivity index (χ2n) is 3.15. The van der Waals surface area contributed by atoms with Crippen LogP contribution < -0.4 is 10.6 Å². The molecule has 0 unspecified atom stereocenters. The zero-order valence-corrected chi connectivity index (χ0v) is 8.30. The van der Waals surface area contributed by atoms with E-state index < -0.39 is 11.6 Å². The molecule has 15 heavy (non-hydrogen) atoms. The second kappa shape index (κ2) is 4.60. The molecule has 3 nitrogen and oxygen atoms in total. The van der Waals surface area contributed by atoms with Gasteiger partial charge in [0.2, 0.25) is 0 Å². The minimum absolute atomic E-state index is 0.100. The molecule has 0 aliphatic carbocycles. The number of nitriles is 1. The van der Waals surface area contributed by atoms with Gasteiger partial charge in [-0.05, 0) is 6.07 Å². The molecule has 0 fully saturated rings.